The molecule has 1 amide bonds. The van der Waals surface area contributed by atoms with Crippen molar-refractivity contribution in [3.63, 3.8) is 0 Å². The normalized spacial score (nSPS) is 22.8. The number of likely N-dealkylation sites (tertiary alicyclic amines) is 1. The van der Waals surface area contributed by atoms with E-state index in [1.165, 1.54) is 6.42 Å². The van der Waals surface area contributed by atoms with Gasteiger partial charge in [0.2, 0.25) is 5.91 Å². The van der Waals surface area contributed by atoms with Gasteiger partial charge in [0.15, 0.2) is 0 Å². The van der Waals surface area contributed by atoms with Gasteiger partial charge in [-0.25, -0.2) is 0 Å². The highest BCUT2D eigenvalue weighted by atomic mass is 16.3. The number of nitrogens with zero attached hydrogens (tertiary/aromatic N) is 1. The molecule has 0 radical (unpaired) electrons. The van der Waals surface area contributed by atoms with Gasteiger partial charge in [-0.2, -0.15) is 0 Å². The number of nitrogens with one attached hydrogen (secondary N) is 1. The Morgan fingerprint density at radius 1 is 1.32 bits per heavy atom. The van der Waals surface area contributed by atoms with Gasteiger partial charge >= 0.3 is 0 Å². The van der Waals surface area contributed by atoms with Gasteiger partial charge in [0.25, 0.3) is 0 Å². The molecule has 0 saturated carbocycles. The average molecular weight is 270 g/mol. The summed E-state index contributed by atoms with van der Waals surface area (Å²) in [6.07, 6.45) is 3.54. The lowest BCUT2D eigenvalue weighted by Crippen LogP contribution is -2.53. The molecule has 4 nitrogen and oxygen atoms in total. The molecule has 0 aliphatic carbocycles. The third kappa shape index (κ3) is 5.49. The quantitative estimate of drug-likeness (QED) is 0.773. The lowest BCUT2D eigenvalue weighted by molar-refractivity contribution is -0.129. The van der Waals surface area contributed by atoms with Gasteiger partial charge in [0.1, 0.15) is 0 Å². The van der Waals surface area contributed by atoms with E-state index in [2.05, 4.69) is 37.9 Å². The Morgan fingerprint density at radius 2 is 2.00 bits per heavy atom. The molecule has 0 aromatic carbocycles. The molecule has 112 valence electrons. The molecular weight excluding hydrogens is 240 g/mol. The summed E-state index contributed by atoms with van der Waals surface area (Å²) in [6, 6.07) is 0.386. The van der Waals surface area contributed by atoms with E-state index < -0.39 is 6.10 Å². The Hall–Kier alpha value is -0.610. The van der Waals surface area contributed by atoms with Crippen molar-refractivity contribution < 1.29 is 9.90 Å². The molecular formula is C15H30N2O2. The number of piperidine rings is 1. The van der Waals surface area contributed by atoms with Crippen molar-refractivity contribution in [1.82, 2.24) is 10.2 Å². The summed E-state index contributed by atoms with van der Waals surface area (Å²) in [5, 5.41) is 12.7. The number of amides is 1. The molecule has 0 bridgehead atoms. The van der Waals surface area contributed by atoms with Gasteiger partial charge < -0.3 is 10.4 Å². The molecule has 0 aromatic rings. The number of aliphatic hydroxyl groups excluding tert-OH is 1. The highest BCUT2D eigenvalue weighted by molar-refractivity contribution is 5.81. The van der Waals surface area contributed by atoms with Crippen LogP contribution >= 0.6 is 0 Å². The molecule has 2 N–H and O–H groups in total. The molecule has 0 aromatic heterocycles. The summed E-state index contributed by atoms with van der Waals surface area (Å²) < 4.78 is 0. The summed E-state index contributed by atoms with van der Waals surface area (Å²) in [5.74, 6) is 0.532. The third-order valence-corrected chi connectivity index (χ3v) is 3.77. The number of hydrogen-bond acceptors (Lipinski definition) is 3. The molecule has 1 heterocycles. The predicted molar refractivity (Wildman–Crippen MR) is 78.0 cm³/mol. The Balaban J connectivity index is 2.42. The first-order valence-corrected chi connectivity index (χ1v) is 7.63. The maximum absolute atomic E-state index is 12.2. The van der Waals surface area contributed by atoms with Crippen molar-refractivity contribution in [1.29, 1.82) is 0 Å². The Bertz CT molecular complexity index is 279. The fourth-order valence-electron chi connectivity index (χ4n) is 2.82. The summed E-state index contributed by atoms with van der Waals surface area (Å²) in [6.45, 7) is 9.81. The molecule has 1 aliphatic rings. The Labute approximate surface area is 117 Å². The lowest BCUT2D eigenvalue weighted by Gasteiger charge is -2.37. The number of rotatable bonds is 6. The first-order chi connectivity index (χ1) is 8.91. The molecule has 2 atom stereocenters. The van der Waals surface area contributed by atoms with Crippen molar-refractivity contribution >= 4 is 5.91 Å². The van der Waals surface area contributed by atoms with Crippen LogP contribution in [0.1, 0.15) is 53.4 Å². The molecule has 1 rings (SSSR count). The van der Waals surface area contributed by atoms with Gasteiger partial charge in [-0.15, -0.1) is 0 Å². The van der Waals surface area contributed by atoms with Crippen LogP contribution in [0.15, 0.2) is 0 Å². The number of hydrogen-bond donors (Lipinski definition) is 2. The maximum atomic E-state index is 12.2. The van der Waals surface area contributed by atoms with E-state index in [4.69, 9.17) is 0 Å². The zero-order valence-corrected chi connectivity index (χ0v) is 12.9. The predicted octanol–water partition coefficient (Wildman–Crippen LogP) is 1.77. The molecule has 4 heteroatoms. The molecule has 2 unspecified atom stereocenters. The largest absolute Gasteiger partial charge is 0.391 e. The molecule has 1 fully saturated rings. The minimum absolute atomic E-state index is 0.0139. The van der Waals surface area contributed by atoms with E-state index in [9.17, 15) is 9.90 Å². The van der Waals surface area contributed by atoms with Crippen LogP contribution in [0.25, 0.3) is 0 Å². The molecule has 1 saturated heterocycles. The van der Waals surface area contributed by atoms with Crippen molar-refractivity contribution in [3.8, 4) is 0 Å². The fourth-order valence-corrected chi connectivity index (χ4v) is 2.82. The van der Waals surface area contributed by atoms with E-state index in [0.717, 1.165) is 25.8 Å². The van der Waals surface area contributed by atoms with Crippen LogP contribution in [0.5, 0.6) is 0 Å². The topological polar surface area (TPSA) is 52.6 Å². The zero-order chi connectivity index (χ0) is 14.4. The van der Waals surface area contributed by atoms with Crippen molar-refractivity contribution in [2.45, 2.75) is 71.6 Å². The van der Waals surface area contributed by atoms with E-state index in [1.807, 2.05) is 0 Å². The van der Waals surface area contributed by atoms with E-state index in [-0.39, 0.29) is 11.9 Å². The lowest BCUT2D eigenvalue weighted by atomic mass is 9.99. The third-order valence-electron chi connectivity index (χ3n) is 3.77. The standard InChI is InChI=1S/C15H30N2O2/c1-11(2)9-13(18)10-16-15(19)14-7-5-6-8-17(14)12(3)4/h11-14,18H,5-10H2,1-4H3,(H,16,19). The second kappa shape index (κ2) is 7.85. The second-order valence-corrected chi connectivity index (χ2v) is 6.37. The molecule has 1 aliphatic heterocycles. The summed E-state index contributed by atoms with van der Waals surface area (Å²) in [4.78, 5) is 14.5. The summed E-state index contributed by atoms with van der Waals surface area (Å²) in [7, 11) is 0. The second-order valence-electron chi connectivity index (χ2n) is 6.37. The molecule has 0 spiro atoms. The minimum Gasteiger partial charge on any atom is -0.391 e. The van der Waals surface area contributed by atoms with Gasteiger partial charge in [-0.3, -0.25) is 9.69 Å². The van der Waals surface area contributed by atoms with Gasteiger partial charge in [-0.05, 0) is 45.6 Å². The number of carbonyl (C=O) groups excluding carboxylic acids is 1. The monoisotopic (exact) mass is 270 g/mol. The zero-order valence-electron chi connectivity index (χ0n) is 12.9. The van der Waals surface area contributed by atoms with E-state index in [0.29, 0.717) is 18.5 Å². The SMILES string of the molecule is CC(C)CC(O)CNC(=O)C1CCCCN1C(C)C. The fraction of sp³-hybridized carbons (Fsp3) is 0.933. The van der Waals surface area contributed by atoms with Crippen LogP contribution < -0.4 is 5.32 Å². The van der Waals surface area contributed by atoms with E-state index in [1.54, 1.807) is 0 Å². The Morgan fingerprint density at radius 3 is 2.58 bits per heavy atom. The minimum atomic E-state index is -0.431. The van der Waals surface area contributed by atoms with Gasteiger partial charge in [-0.1, -0.05) is 20.3 Å². The number of aliphatic hydroxyl groups is 1. The van der Waals surface area contributed by atoms with Gasteiger partial charge in [0.05, 0.1) is 12.1 Å². The summed E-state index contributed by atoms with van der Waals surface area (Å²) >= 11 is 0. The first-order valence-electron chi connectivity index (χ1n) is 7.63. The molecule has 19 heavy (non-hydrogen) atoms. The van der Waals surface area contributed by atoms with Crippen LogP contribution in [-0.2, 0) is 4.79 Å². The smallest absolute Gasteiger partial charge is 0.237 e. The highest BCUT2D eigenvalue weighted by Crippen LogP contribution is 2.19. The number of carbonyl (C=O) groups is 1. The summed E-state index contributed by atoms with van der Waals surface area (Å²) in [5.41, 5.74) is 0. The first kappa shape index (κ1) is 16.4. The van der Waals surface area contributed by atoms with Crippen LogP contribution in [0.4, 0.5) is 0 Å². The van der Waals surface area contributed by atoms with Crippen LogP contribution in [0, 0.1) is 5.92 Å². The van der Waals surface area contributed by atoms with Gasteiger partial charge in [0, 0.05) is 12.6 Å². The Kier molecular flexibility index (Phi) is 6.80. The van der Waals surface area contributed by atoms with Crippen molar-refractivity contribution in [2.24, 2.45) is 5.92 Å². The van der Waals surface area contributed by atoms with Crippen LogP contribution in [-0.4, -0.2) is 47.2 Å². The maximum Gasteiger partial charge on any atom is 0.237 e. The average Bonchev–Trinajstić information content (AvgIpc) is 2.35. The van der Waals surface area contributed by atoms with Crippen molar-refractivity contribution in [3.05, 3.63) is 0 Å². The highest BCUT2D eigenvalue weighted by Gasteiger charge is 2.30. The van der Waals surface area contributed by atoms with Crippen molar-refractivity contribution in [2.75, 3.05) is 13.1 Å². The van der Waals surface area contributed by atoms with Crippen LogP contribution in [0.3, 0.4) is 0 Å². The van der Waals surface area contributed by atoms with Crippen LogP contribution in [0.2, 0.25) is 0 Å². The van der Waals surface area contributed by atoms with E-state index >= 15 is 0 Å².